The molecule has 2 aromatic carbocycles. The average molecular weight is 411 g/mol. The standard InChI is InChI=1S/C24H26FNO4/c25-21-9-7-19(8-10-21)20-13-22(24(28)26-11-1-2-12-26)30-23(14-20)29-16-18-5-3-17(15-27)4-6-18/h3-10,13,20,23,27H,1-2,11-12,14-16H2/t20-,23+/m1/s1. The molecule has 0 unspecified atom stereocenters. The van der Waals surface area contributed by atoms with Crippen LogP contribution >= 0.6 is 0 Å². The molecule has 2 aromatic rings. The fraction of sp³-hybridized carbons (Fsp3) is 0.375. The minimum absolute atomic E-state index is 0.00100. The van der Waals surface area contributed by atoms with Crippen LogP contribution in [-0.2, 0) is 27.5 Å². The zero-order valence-electron chi connectivity index (χ0n) is 16.8. The zero-order valence-corrected chi connectivity index (χ0v) is 16.8. The lowest BCUT2D eigenvalue weighted by Crippen LogP contribution is -2.34. The minimum Gasteiger partial charge on any atom is -0.459 e. The fourth-order valence-electron chi connectivity index (χ4n) is 3.86. The number of rotatable bonds is 6. The Labute approximate surface area is 175 Å². The number of benzene rings is 2. The summed E-state index contributed by atoms with van der Waals surface area (Å²) in [4.78, 5) is 14.7. The van der Waals surface area contributed by atoms with Gasteiger partial charge >= 0.3 is 0 Å². The van der Waals surface area contributed by atoms with Crippen molar-refractivity contribution in [2.75, 3.05) is 13.1 Å². The number of nitrogens with zero attached hydrogens (tertiary/aromatic N) is 1. The Balaban J connectivity index is 1.49. The highest BCUT2D eigenvalue weighted by Gasteiger charge is 2.31. The van der Waals surface area contributed by atoms with Crippen molar-refractivity contribution in [3.63, 3.8) is 0 Å². The first-order valence-corrected chi connectivity index (χ1v) is 10.4. The largest absolute Gasteiger partial charge is 0.459 e. The summed E-state index contributed by atoms with van der Waals surface area (Å²) in [7, 11) is 0. The molecular weight excluding hydrogens is 385 g/mol. The van der Waals surface area contributed by atoms with Gasteiger partial charge in [0, 0.05) is 25.4 Å². The van der Waals surface area contributed by atoms with Crippen molar-refractivity contribution in [3.8, 4) is 0 Å². The Morgan fingerprint density at radius 3 is 2.40 bits per heavy atom. The van der Waals surface area contributed by atoms with E-state index in [0.717, 1.165) is 42.6 Å². The molecule has 0 aliphatic carbocycles. The molecule has 2 aliphatic heterocycles. The van der Waals surface area contributed by atoms with E-state index < -0.39 is 6.29 Å². The summed E-state index contributed by atoms with van der Waals surface area (Å²) in [5.41, 5.74) is 2.72. The number of likely N-dealkylation sites (tertiary alicyclic amines) is 1. The molecule has 2 aliphatic rings. The molecule has 1 N–H and O–H groups in total. The summed E-state index contributed by atoms with van der Waals surface area (Å²) < 4.78 is 25.3. The van der Waals surface area contributed by atoms with Crippen molar-refractivity contribution in [2.24, 2.45) is 0 Å². The van der Waals surface area contributed by atoms with E-state index in [9.17, 15) is 14.3 Å². The van der Waals surface area contributed by atoms with E-state index in [1.54, 1.807) is 12.1 Å². The summed E-state index contributed by atoms with van der Waals surface area (Å²) in [6.07, 6.45) is 3.80. The fourth-order valence-corrected chi connectivity index (χ4v) is 3.86. The van der Waals surface area contributed by atoms with Crippen LogP contribution in [0, 0.1) is 5.82 Å². The number of allylic oxidation sites excluding steroid dienone is 1. The number of hydrogen-bond acceptors (Lipinski definition) is 4. The third-order valence-electron chi connectivity index (χ3n) is 5.60. The molecule has 1 saturated heterocycles. The van der Waals surface area contributed by atoms with Crippen LogP contribution in [0.4, 0.5) is 4.39 Å². The monoisotopic (exact) mass is 411 g/mol. The van der Waals surface area contributed by atoms with Crippen LogP contribution < -0.4 is 0 Å². The topological polar surface area (TPSA) is 59.0 Å². The quantitative estimate of drug-likeness (QED) is 0.784. The number of halogens is 1. The summed E-state index contributed by atoms with van der Waals surface area (Å²) in [6.45, 7) is 1.81. The van der Waals surface area contributed by atoms with Crippen LogP contribution in [0.15, 0.2) is 60.4 Å². The lowest BCUT2D eigenvalue weighted by molar-refractivity contribution is -0.155. The van der Waals surface area contributed by atoms with Gasteiger partial charge in [-0.3, -0.25) is 4.79 Å². The summed E-state index contributed by atoms with van der Waals surface area (Å²) >= 11 is 0. The minimum atomic E-state index is -0.580. The predicted octanol–water partition coefficient (Wildman–Crippen LogP) is 3.87. The van der Waals surface area contributed by atoms with Crippen LogP contribution in [0.2, 0.25) is 0 Å². The maximum atomic E-state index is 13.4. The van der Waals surface area contributed by atoms with Crippen LogP contribution in [0.3, 0.4) is 0 Å². The first kappa shape index (κ1) is 20.6. The van der Waals surface area contributed by atoms with Crippen LogP contribution in [-0.4, -0.2) is 35.3 Å². The van der Waals surface area contributed by atoms with Gasteiger partial charge in [-0.15, -0.1) is 0 Å². The number of aliphatic hydroxyl groups excluding tert-OH is 1. The number of carbonyl (C=O) groups excluding carboxylic acids is 1. The van der Waals surface area contributed by atoms with Crippen molar-refractivity contribution in [1.82, 2.24) is 4.90 Å². The van der Waals surface area contributed by atoms with E-state index >= 15 is 0 Å². The molecule has 158 valence electrons. The van der Waals surface area contributed by atoms with E-state index in [-0.39, 0.29) is 24.2 Å². The molecule has 0 bridgehead atoms. The van der Waals surface area contributed by atoms with Gasteiger partial charge in [-0.25, -0.2) is 4.39 Å². The highest BCUT2D eigenvalue weighted by molar-refractivity contribution is 5.92. The van der Waals surface area contributed by atoms with Gasteiger partial charge in [-0.1, -0.05) is 36.4 Å². The second kappa shape index (κ2) is 9.41. The number of aliphatic hydroxyl groups is 1. The summed E-state index contributed by atoms with van der Waals surface area (Å²) in [6, 6.07) is 13.8. The normalized spacial score (nSPS) is 21.3. The van der Waals surface area contributed by atoms with Crippen LogP contribution in [0.1, 0.15) is 41.9 Å². The molecule has 30 heavy (non-hydrogen) atoms. The second-order valence-corrected chi connectivity index (χ2v) is 7.76. The van der Waals surface area contributed by atoms with E-state index in [1.165, 1.54) is 12.1 Å². The van der Waals surface area contributed by atoms with Crippen molar-refractivity contribution < 1.29 is 23.8 Å². The number of carbonyl (C=O) groups is 1. The second-order valence-electron chi connectivity index (χ2n) is 7.76. The molecule has 0 aromatic heterocycles. The Morgan fingerprint density at radius 1 is 1.07 bits per heavy atom. The molecular formula is C24H26FNO4. The summed E-state index contributed by atoms with van der Waals surface area (Å²) in [5, 5.41) is 9.17. The van der Waals surface area contributed by atoms with Gasteiger partial charge in [0.15, 0.2) is 5.76 Å². The zero-order chi connectivity index (χ0) is 20.9. The Morgan fingerprint density at radius 2 is 1.73 bits per heavy atom. The maximum absolute atomic E-state index is 13.4. The van der Waals surface area contributed by atoms with Gasteiger partial charge in [-0.2, -0.15) is 0 Å². The number of amides is 1. The van der Waals surface area contributed by atoms with E-state index in [0.29, 0.717) is 18.8 Å². The first-order chi connectivity index (χ1) is 14.6. The molecule has 4 rings (SSSR count). The lowest BCUT2D eigenvalue weighted by Gasteiger charge is -2.30. The first-order valence-electron chi connectivity index (χ1n) is 10.4. The highest BCUT2D eigenvalue weighted by Crippen LogP contribution is 2.33. The van der Waals surface area contributed by atoms with E-state index in [1.807, 2.05) is 35.2 Å². The van der Waals surface area contributed by atoms with Crippen molar-refractivity contribution in [2.45, 2.75) is 44.7 Å². The van der Waals surface area contributed by atoms with Gasteiger partial charge in [0.05, 0.1) is 13.2 Å². The Kier molecular flexibility index (Phi) is 6.45. The van der Waals surface area contributed by atoms with Crippen molar-refractivity contribution in [3.05, 3.63) is 82.9 Å². The van der Waals surface area contributed by atoms with Gasteiger partial charge < -0.3 is 19.5 Å². The molecule has 1 fully saturated rings. The molecule has 2 atom stereocenters. The maximum Gasteiger partial charge on any atom is 0.288 e. The van der Waals surface area contributed by atoms with Crippen molar-refractivity contribution in [1.29, 1.82) is 0 Å². The average Bonchev–Trinajstić information content (AvgIpc) is 3.33. The molecule has 1 amide bonds. The summed E-state index contributed by atoms with van der Waals surface area (Å²) in [5.74, 6) is -0.191. The Hall–Kier alpha value is -2.70. The van der Waals surface area contributed by atoms with Gasteiger partial charge in [0.2, 0.25) is 6.29 Å². The molecule has 6 heteroatoms. The number of ether oxygens (including phenoxy) is 2. The smallest absolute Gasteiger partial charge is 0.288 e. The Bertz CT molecular complexity index is 888. The van der Waals surface area contributed by atoms with Crippen molar-refractivity contribution >= 4 is 5.91 Å². The van der Waals surface area contributed by atoms with Crippen LogP contribution in [0.5, 0.6) is 0 Å². The van der Waals surface area contributed by atoms with E-state index in [4.69, 9.17) is 9.47 Å². The van der Waals surface area contributed by atoms with Gasteiger partial charge in [0.1, 0.15) is 5.82 Å². The van der Waals surface area contributed by atoms with Gasteiger partial charge in [0.25, 0.3) is 5.91 Å². The molecule has 5 nitrogen and oxygen atoms in total. The predicted molar refractivity (Wildman–Crippen MR) is 110 cm³/mol. The lowest BCUT2D eigenvalue weighted by atomic mass is 9.93. The van der Waals surface area contributed by atoms with E-state index in [2.05, 4.69) is 0 Å². The molecule has 0 saturated carbocycles. The third-order valence-corrected chi connectivity index (χ3v) is 5.60. The van der Waals surface area contributed by atoms with Gasteiger partial charge in [-0.05, 0) is 47.7 Å². The highest BCUT2D eigenvalue weighted by atomic mass is 19.1. The number of hydrogen-bond donors (Lipinski definition) is 1. The van der Waals surface area contributed by atoms with Crippen LogP contribution in [0.25, 0.3) is 0 Å². The third kappa shape index (κ3) is 4.89. The molecule has 0 radical (unpaired) electrons. The SMILES string of the molecule is O=C(C1=C[C@@H](c2ccc(F)cc2)C[C@@H](OCc2ccc(CO)cc2)O1)N1CCCC1. The molecule has 2 heterocycles. The molecule has 0 spiro atoms.